The van der Waals surface area contributed by atoms with Crippen molar-refractivity contribution in [3.8, 4) is 0 Å². The van der Waals surface area contributed by atoms with E-state index in [0.29, 0.717) is 24.4 Å². The molecule has 0 aliphatic carbocycles. The van der Waals surface area contributed by atoms with Crippen molar-refractivity contribution < 1.29 is 9.90 Å². The predicted octanol–water partition coefficient (Wildman–Crippen LogP) is 2.17. The van der Waals surface area contributed by atoms with E-state index in [0.717, 1.165) is 54.9 Å². The molecule has 1 aromatic rings. The molecule has 2 heterocycles. The zero-order chi connectivity index (χ0) is 20.1. The topological polar surface area (TPSA) is 103 Å². The van der Waals surface area contributed by atoms with Crippen LogP contribution < -0.4 is 16.4 Å². The standard InChI is InChI=1S/C21H29N5O2/c1-14(2)17-11-15(5-7-18(17)23-13-27)25-21(28)20-19(26-9-3-4-10-26)8-6-16(12-22)24-20/h5,7-8,11,13,16,21,25,28H,1,3-4,6,9-10,12,22H2,2H3,(H,23,27). The summed E-state index contributed by atoms with van der Waals surface area (Å²) in [6, 6.07) is 5.45. The Kier molecular flexibility index (Phi) is 6.49. The third-order valence-corrected chi connectivity index (χ3v) is 5.14. The number of dihydropyridines is 1. The van der Waals surface area contributed by atoms with Gasteiger partial charge in [0.1, 0.15) is 5.71 Å². The molecule has 0 bridgehead atoms. The average molecular weight is 383 g/mol. The Morgan fingerprint density at radius 3 is 2.86 bits per heavy atom. The molecule has 1 saturated heterocycles. The molecule has 2 atom stereocenters. The molecule has 2 aliphatic heterocycles. The maximum Gasteiger partial charge on any atom is 0.211 e. The van der Waals surface area contributed by atoms with E-state index >= 15 is 0 Å². The molecule has 7 heteroatoms. The van der Waals surface area contributed by atoms with Gasteiger partial charge >= 0.3 is 0 Å². The molecule has 2 aliphatic rings. The fourth-order valence-corrected chi connectivity index (χ4v) is 3.68. The first-order valence-corrected chi connectivity index (χ1v) is 9.71. The highest BCUT2D eigenvalue weighted by Crippen LogP contribution is 2.28. The summed E-state index contributed by atoms with van der Waals surface area (Å²) < 4.78 is 0. The number of likely N-dealkylation sites (tertiary alicyclic amines) is 1. The van der Waals surface area contributed by atoms with Crippen molar-refractivity contribution >= 4 is 29.1 Å². The highest BCUT2D eigenvalue weighted by molar-refractivity contribution is 6.04. The number of aliphatic hydroxyl groups excluding tert-OH is 1. The first kappa shape index (κ1) is 20.1. The van der Waals surface area contributed by atoms with Crippen molar-refractivity contribution in [3.63, 3.8) is 0 Å². The molecule has 1 amide bonds. The number of rotatable bonds is 8. The van der Waals surface area contributed by atoms with Crippen molar-refractivity contribution in [3.05, 3.63) is 42.1 Å². The number of allylic oxidation sites excluding steroid dienone is 1. The van der Waals surface area contributed by atoms with Gasteiger partial charge in [-0.25, -0.2) is 0 Å². The number of hydrogen-bond acceptors (Lipinski definition) is 6. The SMILES string of the molecule is C=C(C)c1cc(NC(O)C2=NC(CN)CC=C2N2CCCC2)ccc1NC=O. The van der Waals surface area contributed by atoms with E-state index in [1.54, 1.807) is 6.07 Å². The molecule has 150 valence electrons. The van der Waals surface area contributed by atoms with Gasteiger partial charge in [-0.3, -0.25) is 9.79 Å². The first-order valence-electron chi connectivity index (χ1n) is 9.71. The molecular formula is C21H29N5O2. The summed E-state index contributed by atoms with van der Waals surface area (Å²) in [5, 5.41) is 16.7. The Labute approximate surface area is 166 Å². The summed E-state index contributed by atoms with van der Waals surface area (Å²) in [4.78, 5) is 17.8. The van der Waals surface area contributed by atoms with Crippen molar-refractivity contribution in [1.82, 2.24) is 4.90 Å². The van der Waals surface area contributed by atoms with Gasteiger partial charge in [0.2, 0.25) is 6.41 Å². The number of aliphatic imine (C=N–C) groups is 1. The number of nitrogens with one attached hydrogen (secondary N) is 2. The largest absolute Gasteiger partial charge is 0.370 e. The van der Waals surface area contributed by atoms with Crippen molar-refractivity contribution in [2.75, 3.05) is 30.3 Å². The van der Waals surface area contributed by atoms with Gasteiger partial charge in [-0.2, -0.15) is 0 Å². The van der Waals surface area contributed by atoms with Gasteiger partial charge in [0.15, 0.2) is 6.23 Å². The summed E-state index contributed by atoms with van der Waals surface area (Å²) in [7, 11) is 0. The molecule has 3 rings (SSSR count). The van der Waals surface area contributed by atoms with E-state index in [-0.39, 0.29) is 6.04 Å². The van der Waals surface area contributed by atoms with Crippen LogP contribution in [0.3, 0.4) is 0 Å². The third kappa shape index (κ3) is 4.43. The number of anilines is 2. The zero-order valence-electron chi connectivity index (χ0n) is 16.3. The van der Waals surface area contributed by atoms with E-state index < -0.39 is 6.23 Å². The lowest BCUT2D eigenvalue weighted by atomic mass is 10.0. The minimum Gasteiger partial charge on any atom is -0.370 e. The lowest BCUT2D eigenvalue weighted by molar-refractivity contribution is -0.105. The number of amides is 1. The fraction of sp³-hybridized carbons (Fsp3) is 0.429. The molecule has 7 nitrogen and oxygen atoms in total. The number of aliphatic hydroxyl groups is 1. The Morgan fingerprint density at radius 2 is 2.21 bits per heavy atom. The highest BCUT2D eigenvalue weighted by atomic mass is 16.3. The lowest BCUT2D eigenvalue weighted by Crippen LogP contribution is -2.40. The van der Waals surface area contributed by atoms with Crippen LogP contribution in [0.5, 0.6) is 0 Å². The normalized spacial score (nSPS) is 20.2. The van der Waals surface area contributed by atoms with E-state index in [4.69, 9.17) is 10.7 Å². The van der Waals surface area contributed by atoms with E-state index in [1.807, 2.05) is 19.1 Å². The molecule has 0 radical (unpaired) electrons. The minimum absolute atomic E-state index is 0.0112. The third-order valence-electron chi connectivity index (χ3n) is 5.14. The van der Waals surface area contributed by atoms with Crippen molar-refractivity contribution in [1.29, 1.82) is 0 Å². The molecule has 5 N–H and O–H groups in total. The molecule has 1 fully saturated rings. The summed E-state index contributed by atoms with van der Waals surface area (Å²) in [5.41, 5.74) is 10.5. The molecular weight excluding hydrogens is 354 g/mol. The van der Waals surface area contributed by atoms with Crippen LogP contribution in [0.4, 0.5) is 11.4 Å². The van der Waals surface area contributed by atoms with Crippen LogP contribution in [0.2, 0.25) is 0 Å². The number of nitrogens with zero attached hydrogens (tertiary/aromatic N) is 2. The number of nitrogens with two attached hydrogens (primary N) is 1. The van der Waals surface area contributed by atoms with Crippen LogP contribution in [0.1, 0.15) is 31.7 Å². The summed E-state index contributed by atoms with van der Waals surface area (Å²) >= 11 is 0. The maximum atomic E-state index is 10.9. The van der Waals surface area contributed by atoms with E-state index in [2.05, 4.69) is 28.2 Å². The monoisotopic (exact) mass is 383 g/mol. The molecule has 28 heavy (non-hydrogen) atoms. The second-order valence-electron chi connectivity index (χ2n) is 7.27. The highest BCUT2D eigenvalue weighted by Gasteiger charge is 2.28. The molecule has 0 spiro atoms. The number of carbonyl (C=O) groups is 1. The van der Waals surface area contributed by atoms with Crippen LogP contribution in [-0.2, 0) is 4.79 Å². The summed E-state index contributed by atoms with van der Waals surface area (Å²) in [5.74, 6) is 0. The number of benzene rings is 1. The fourth-order valence-electron chi connectivity index (χ4n) is 3.68. The van der Waals surface area contributed by atoms with Gasteiger partial charge in [-0.05, 0) is 50.0 Å². The van der Waals surface area contributed by atoms with E-state index in [9.17, 15) is 9.90 Å². The van der Waals surface area contributed by atoms with Gasteiger partial charge < -0.3 is 26.4 Å². The van der Waals surface area contributed by atoms with Gasteiger partial charge in [0.05, 0.1) is 11.7 Å². The Hall–Kier alpha value is -2.64. The number of carbonyl (C=O) groups excluding carboxylic acids is 1. The smallest absolute Gasteiger partial charge is 0.211 e. The molecule has 0 saturated carbocycles. The average Bonchev–Trinajstić information content (AvgIpc) is 3.23. The quantitative estimate of drug-likeness (QED) is 0.407. The second kappa shape index (κ2) is 9.03. The van der Waals surface area contributed by atoms with Gasteiger partial charge in [0, 0.05) is 36.6 Å². The maximum absolute atomic E-state index is 10.9. The van der Waals surface area contributed by atoms with Gasteiger partial charge in [-0.1, -0.05) is 12.7 Å². The first-order chi connectivity index (χ1) is 13.5. The van der Waals surface area contributed by atoms with Crippen molar-refractivity contribution in [2.45, 2.75) is 38.5 Å². The number of hydrogen-bond donors (Lipinski definition) is 4. The van der Waals surface area contributed by atoms with Crippen LogP contribution in [0.25, 0.3) is 5.57 Å². The Bertz CT molecular complexity index is 796. The Balaban J connectivity index is 1.83. The Morgan fingerprint density at radius 1 is 1.46 bits per heavy atom. The minimum atomic E-state index is -0.955. The van der Waals surface area contributed by atoms with E-state index in [1.165, 1.54) is 0 Å². The van der Waals surface area contributed by atoms with Crippen LogP contribution in [-0.4, -0.2) is 54.0 Å². The zero-order valence-corrected chi connectivity index (χ0v) is 16.3. The molecule has 1 aromatic carbocycles. The summed E-state index contributed by atoms with van der Waals surface area (Å²) in [6.07, 6.45) is 4.94. The molecule has 0 aromatic heterocycles. The van der Waals surface area contributed by atoms with Crippen LogP contribution in [0, 0.1) is 0 Å². The summed E-state index contributed by atoms with van der Waals surface area (Å²) in [6.45, 7) is 8.25. The second-order valence-corrected chi connectivity index (χ2v) is 7.27. The van der Waals surface area contributed by atoms with Crippen LogP contribution in [0.15, 0.2) is 41.5 Å². The predicted molar refractivity (Wildman–Crippen MR) is 114 cm³/mol. The van der Waals surface area contributed by atoms with Crippen molar-refractivity contribution in [2.24, 2.45) is 10.7 Å². The lowest BCUT2D eigenvalue weighted by Gasteiger charge is -2.30. The van der Waals surface area contributed by atoms with Gasteiger partial charge in [0.25, 0.3) is 0 Å². The molecule has 2 unspecified atom stereocenters. The van der Waals surface area contributed by atoms with Gasteiger partial charge in [-0.15, -0.1) is 0 Å². The van der Waals surface area contributed by atoms with Crippen LogP contribution >= 0.6 is 0 Å².